The van der Waals surface area contributed by atoms with Crippen LogP contribution in [0.5, 0.6) is 0 Å². The molecule has 1 aromatic heterocycles. The van der Waals surface area contributed by atoms with E-state index in [9.17, 15) is 9.59 Å². The van der Waals surface area contributed by atoms with Crippen molar-refractivity contribution in [2.75, 3.05) is 0 Å². The van der Waals surface area contributed by atoms with Crippen LogP contribution in [0.4, 0.5) is 0 Å². The minimum atomic E-state index is -0.530. The fourth-order valence-corrected chi connectivity index (χ4v) is 2.71. The van der Waals surface area contributed by atoms with Gasteiger partial charge in [0.15, 0.2) is 0 Å². The highest BCUT2D eigenvalue weighted by Gasteiger charge is 2.14. The highest BCUT2D eigenvalue weighted by Crippen LogP contribution is 2.18. The first-order chi connectivity index (χ1) is 8.95. The maximum Gasteiger partial charge on any atom is 0.334 e. The molecule has 1 N–H and O–H groups in total. The summed E-state index contributed by atoms with van der Waals surface area (Å²) in [6.45, 7) is 3.66. The molecule has 0 fully saturated rings. The fourth-order valence-electron chi connectivity index (χ4n) is 1.94. The molecule has 2 aromatic rings. The van der Waals surface area contributed by atoms with Crippen molar-refractivity contribution >= 4 is 27.5 Å². The Bertz CT molecular complexity index is 749. The molecule has 6 heteroatoms. The molecule has 0 atom stereocenters. The van der Waals surface area contributed by atoms with Crippen LogP contribution in [0.1, 0.15) is 18.1 Å². The van der Waals surface area contributed by atoms with Gasteiger partial charge in [0.05, 0.1) is 11.3 Å². The third kappa shape index (κ3) is 2.53. The fraction of sp³-hybridized carbons (Fsp3) is 0.231. The van der Waals surface area contributed by atoms with Gasteiger partial charge in [-0.2, -0.15) is 0 Å². The molecular weight excluding hydrogens is 332 g/mol. The van der Waals surface area contributed by atoms with Crippen molar-refractivity contribution in [3.05, 3.63) is 59.8 Å². The van der Waals surface area contributed by atoms with Gasteiger partial charge in [-0.15, -0.1) is 0 Å². The second kappa shape index (κ2) is 5.35. The number of benzene rings is 1. The third-order valence-electron chi connectivity index (χ3n) is 2.90. The molecule has 0 amide bonds. The Hall–Kier alpha value is -1.33. The van der Waals surface area contributed by atoms with Crippen LogP contribution in [0, 0.1) is 6.92 Å². The van der Waals surface area contributed by atoms with Crippen LogP contribution in [0.2, 0.25) is 5.15 Å². The number of halogens is 2. The summed E-state index contributed by atoms with van der Waals surface area (Å²) in [5, 5.41) is 0.114. The molecule has 0 bridgehead atoms. The average Bonchev–Trinajstić information content (AvgIpc) is 2.31. The van der Waals surface area contributed by atoms with Crippen LogP contribution in [0.15, 0.2) is 32.3 Å². The van der Waals surface area contributed by atoms with Crippen LogP contribution in [0.3, 0.4) is 0 Å². The molecule has 0 radical (unpaired) electrons. The Labute approximate surface area is 123 Å². The summed E-state index contributed by atoms with van der Waals surface area (Å²) in [7, 11) is 0. The Morgan fingerprint density at radius 1 is 1.37 bits per heavy atom. The SMILES string of the molecule is CCc1c(Cl)[nH]c(=O)n(-c2ccc(Br)cc2C)c1=O. The number of aromatic amines is 1. The van der Waals surface area contributed by atoms with Crippen molar-refractivity contribution in [3.63, 3.8) is 0 Å². The molecule has 4 nitrogen and oxygen atoms in total. The summed E-state index contributed by atoms with van der Waals surface area (Å²) in [6, 6.07) is 5.36. The number of nitrogens with one attached hydrogen (secondary N) is 1. The van der Waals surface area contributed by atoms with E-state index in [1.165, 1.54) is 0 Å². The van der Waals surface area contributed by atoms with Crippen molar-refractivity contribution in [1.82, 2.24) is 9.55 Å². The molecular formula is C13H12BrClN2O2. The van der Waals surface area contributed by atoms with E-state index in [-0.39, 0.29) is 10.7 Å². The van der Waals surface area contributed by atoms with Crippen molar-refractivity contribution in [3.8, 4) is 5.69 Å². The first-order valence-corrected chi connectivity index (χ1v) is 6.93. The first-order valence-electron chi connectivity index (χ1n) is 5.76. The molecule has 0 spiro atoms. The lowest BCUT2D eigenvalue weighted by molar-refractivity contribution is 0.837. The maximum absolute atomic E-state index is 12.3. The molecule has 1 aromatic carbocycles. The number of hydrogen-bond acceptors (Lipinski definition) is 2. The number of aromatic nitrogens is 2. The van der Waals surface area contributed by atoms with E-state index in [4.69, 9.17) is 11.6 Å². The minimum absolute atomic E-state index is 0.114. The van der Waals surface area contributed by atoms with Crippen molar-refractivity contribution in [2.24, 2.45) is 0 Å². The molecule has 0 aliphatic carbocycles. The zero-order valence-corrected chi connectivity index (χ0v) is 12.8. The van der Waals surface area contributed by atoms with E-state index in [0.717, 1.165) is 14.6 Å². The smallest absolute Gasteiger partial charge is 0.297 e. The summed E-state index contributed by atoms with van der Waals surface area (Å²) in [6.07, 6.45) is 0.462. The van der Waals surface area contributed by atoms with Gasteiger partial charge in [0, 0.05) is 4.47 Å². The quantitative estimate of drug-likeness (QED) is 0.853. The highest BCUT2D eigenvalue weighted by molar-refractivity contribution is 9.10. The van der Waals surface area contributed by atoms with E-state index in [1.807, 2.05) is 19.9 Å². The van der Waals surface area contributed by atoms with E-state index in [0.29, 0.717) is 17.7 Å². The maximum atomic E-state index is 12.3. The predicted molar refractivity (Wildman–Crippen MR) is 79.5 cm³/mol. The van der Waals surface area contributed by atoms with Crippen LogP contribution >= 0.6 is 27.5 Å². The second-order valence-electron chi connectivity index (χ2n) is 4.15. The molecule has 0 saturated carbocycles. The molecule has 0 unspecified atom stereocenters. The number of nitrogens with zero attached hydrogens (tertiary/aromatic N) is 1. The number of H-pyrrole nitrogens is 1. The normalized spacial score (nSPS) is 10.7. The monoisotopic (exact) mass is 342 g/mol. The molecule has 0 aliphatic rings. The predicted octanol–water partition coefficient (Wildman–Crippen LogP) is 2.81. The lowest BCUT2D eigenvalue weighted by Gasteiger charge is -2.10. The van der Waals surface area contributed by atoms with Crippen LogP contribution in [0.25, 0.3) is 5.69 Å². The van der Waals surface area contributed by atoms with Gasteiger partial charge in [0.25, 0.3) is 5.56 Å². The summed E-state index contributed by atoms with van der Waals surface area (Å²) in [4.78, 5) is 26.8. The van der Waals surface area contributed by atoms with Crippen LogP contribution in [-0.4, -0.2) is 9.55 Å². The number of aryl methyl sites for hydroxylation is 1. The Balaban J connectivity index is 2.83. The molecule has 0 aliphatic heterocycles. The summed E-state index contributed by atoms with van der Waals surface area (Å²) in [5.41, 5.74) is 0.884. The zero-order valence-electron chi connectivity index (χ0n) is 10.5. The van der Waals surface area contributed by atoms with E-state index in [1.54, 1.807) is 12.1 Å². The summed E-state index contributed by atoms with van der Waals surface area (Å²) in [5.74, 6) is 0. The van der Waals surface area contributed by atoms with Gasteiger partial charge >= 0.3 is 5.69 Å². The number of hydrogen-bond donors (Lipinski definition) is 1. The van der Waals surface area contributed by atoms with E-state index < -0.39 is 5.69 Å². The van der Waals surface area contributed by atoms with Crippen molar-refractivity contribution in [1.29, 1.82) is 0 Å². The molecule has 2 rings (SSSR count). The molecule has 0 saturated heterocycles. The van der Waals surface area contributed by atoms with Crippen molar-refractivity contribution in [2.45, 2.75) is 20.3 Å². The van der Waals surface area contributed by atoms with Gasteiger partial charge in [-0.25, -0.2) is 9.36 Å². The minimum Gasteiger partial charge on any atom is -0.297 e. The zero-order chi connectivity index (χ0) is 14.2. The molecule has 100 valence electrons. The summed E-state index contributed by atoms with van der Waals surface area (Å²) >= 11 is 9.23. The largest absolute Gasteiger partial charge is 0.334 e. The lowest BCUT2D eigenvalue weighted by Crippen LogP contribution is -2.36. The van der Waals surface area contributed by atoms with Gasteiger partial charge in [-0.3, -0.25) is 9.78 Å². The summed E-state index contributed by atoms with van der Waals surface area (Å²) < 4.78 is 2.01. The van der Waals surface area contributed by atoms with Gasteiger partial charge < -0.3 is 0 Å². The second-order valence-corrected chi connectivity index (χ2v) is 5.44. The Morgan fingerprint density at radius 3 is 2.63 bits per heavy atom. The van der Waals surface area contributed by atoms with Crippen LogP contribution < -0.4 is 11.2 Å². The Kier molecular flexibility index (Phi) is 3.96. The standard InChI is InChI=1S/C13H12BrClN2O2/c1-3-9-11(15)16-13(19)17(12(9)18)10-5-4-8(14)6-7(10)2/h4-6H,3H2,1-2H3,(H,16,19). The third-order valence-corrected chi connectivity index (χ3v) is 3.72. The topological polar surface area (TPSA) is 54.9 Å². The van der Waals surface area contributed by atoms with Gasteiger partial charge in [-0.05, 0) is 37.1 Å². The Morgan fingerprint density at radius 2 is 2.05 bits per heavy atom. The van der Waals surface area contributed by atoms with Gasteiger partial charge in [0.1, 0.15) is 5.15 Å². The van der Waals surface area contributed by atoms with E-state index in [2.05, 4.69) is 20.9 Å². The van der Waals surface area contributed by atoms with Crippen LogP contribution in [-0.2, 0) is 6.42 Å². The molecule has 19 heavy (non-hydrogen) atoms. The molecule has 1 heterocycles. The average molecular weight is 344 g/mol. The lowest BCUT2D eigenvalue weighted by atomic mass is 10.2. The highest BCUT2D eigenvalue weighted by atomic mass is 79.9. The van der Waals surface area contributed by atoms with Crippen molar-refractivity contribution < 1.29 is 0 Å². The number of rotatable bonds is 2. The van der Waals surface area contributed by atoms with E-state index >= 15 is 0 Å². The van der Waals surface area contributed by atoms with Gasteiger partial charge in [-0.1, -0.05) is 34.5 Å². The van der Waals surface area contributed by atoms with Gasteiger partial charge in [0.2, 0.25) is 0 Å². The first kappa shape index (κ1) is 14.1.